The molecule has 342 valence electrons. The van der Waals surface area contributed by atoms with E-state index in [1.54, 1.807) is 0 Å². The summed E-state index contributed by atoms with van der Waals surface area (Å²) in [6.07, 6.45) is 0. The molecule has 0 unspecified atom stereocenters. The molecule has 0 atom stereocenters. The molecule has 2 heteroatoms. The minimum absolute atomic E-state index is 0.531. The average molecular weight is 929 g/mol. The summed E-state index contributed by atoms with van der Waals surface area (Å²) in [4.78, 5) is 2.45. The lowest BCUT2D eigenvalue weighted by atomic mass is 9.67. The van der Waals surface area contributed by atoms with Crippen LogP contribution >= 0.6 is 0 Å². The lowest BCUT2D eigenvalue weighted by Crippen LogP contribution is -2.28. The van der Waals surface area contributed by atoms with E-state index in [2.05, 4.69) is 301 Å². The first-order chi connectivity index (χ1) is 36.2. The zero-order valence-corrected chi connectivity index (χ0v) is 40.1. The average Bonchev–Trinajstić information content (AvgIpc) is 3.96. The normalized spacial score (nSPS) is 12.5. The van der Waals surface area contributed by atoms with Gasteiger partial charge in [0, 0.05) is 33.5 Å². The zero-order chi connectivity index (χ0) is 48.3. The molecule has 0 saturated heterocycles. The SMILES string of the molecule is c1ccc(-c2ccc(-n3c4ccccc4c4cc(-c5cccc(N(c6ccc(-c7ccc8ccccc8c7)cc6)c6ccc7c(c6)C(c6ccccc6)(c6ccccc6)c6ccccc6-7)c5)ccc43)cc2)cc1. The molecule has 0 radical (unpaired) electrons. The first-order valence-corrected chi connectivity index (χ1v) is 25.2. The smallest absolute Gasteiger partial charge is 0.0714 e. The van der Waals surface area contributed by atoms with Crippen LogP contribution in [0.1, 0.15) is 22.3 Å². The largest absolute Gasteiger partial charge is 0.310 e. The summed E-state index contributed by atoms with van der Waals surface area (Å²) in [7, 11) is 0. The van der Waals surface area contributed by atoms with Crippen molar-refractivity contribution < 1.29 is 0 Å². The Balaban J connectivity index is 0.923. The summed E-state index contributed by atoms with van der Waals surface area (Å²) < 4.78 is 2.40. The van der Waals surface area contributed by atoms with Gasteiger partial charge in [-0.15, -0.1) is 0 Å². The van der Waals surface area contributed by atoms with E-state index in [1.165, 1.54) is 93.8 Å². The molecule has 0 spiro atoms. The summed E-state index contributed by atoms with van der Waals surface area (Å²) in [5, 5.41) is 4.94. The highest BCUT2D eigenvalue weighted by Gasteiger charge is 2.46. The topological polar surface area (TPSA) is 8.17 Å². The standard InChI is InChI=1S/C71H48N2/c1-4-17-49(18-5-1)51-33-40-60(41-34-51)73-69-30-15-13-28-65(69)66-47-56(37-44-70(66)73)54-21-16-26-61(46-54)72(59-38-35-52(36-39-59)55-32-31-50-19-10-11-20-53(50)45-55)62-42-43-64-63-27-12-14-29-67(63)71(68(64)48-62,57-22-6-2-7-23-57)58-24-8-3-9-25-58/h1-48H. The second-order valence-corrected chi connectivity index (χ2v) is 19.2. The third-order valence-electron chi connectivity index (χ3n) is 15.3. The number of hydrogen-bond donors (Lipinski definition) is 0. The molecule has 1 heterocycles. The summed E-state index contributed by atoms with van der Waals surface area (Å²) in [6, 6.07) is 107. The maximum absolute atomic E-state index is 2.46. The van der Waals surface area contributed by atoms with Crippen molar-refractivity contribution in [2.45, 2.75) is 5.41 Å². The van der Waals surface area contributed by atoms with E-state index in [4.69, 9.17) is 0 Å². The van der Waals surface area contributed by atoms with Crippen LogP contribution < -0.4 is 4.90 Å². The highest BCUT2D eigenvalue weighted by atomic mass is 15.1. The second-order valence-electron chi connectivity index (χ2n) is 19.2. The Bertz CT molecular complexity index is 4130. The number of anilines is 3. The quantitative estimate of drug-likeness (QED) is 0.140. The Morgan fingerprint density at radius 3 is 1.58 bits per heavy atom. The van der Waals surface area contributed by atoms with Gasteiger partial charge in [0.1, 0.15) is 0 Å². The fourth-order valence-corrected chi connectivity index (χ4v) is 11.9. The summed E-state index contributed by atoms with van der Waals surface area (Å²) in [5.41, 5.74) is 21.0. The van der Waals surface area contributed by atoms with Crippen molar-refractivity contribution in [1.82, 2.24) is 4.57 Å². The molecule has 1 aromatic heterocycles. The van der Waals surface area contributed by atoms with Crippen LogP contribution in [-0.2, 0) is 5.41 Å². The van der Waals surface area contributed by atoms with Gasteiger partial charge < -0.3 is 9.47 Å². The number of nitrogens with zero attached hydrogens (tertiary/aromatic N) is 2. The van der Waals surface area contributed by atoms with Crippen LogP contribution in [0.15, 0.2) is 291 Å². The Labute approximate surface area is 426 Å². The molecule has 2 nitrogen and oxygen atoms in total. The molecule has 73 heavy (non-hydrogen) atoms. The van der Waals surface area contributed by atoms with Gasteiger partial charge in [-0.2, -0.15) is 0 Å². The fraction of sp³-hybridized carbons (Fsp3) is 0.0141. The van der Waals surface area contributed by atoms with Crippen molar-refractivity contribution in [3.8, 4) is 50.2 Å². The number of fused-ring (bicyclic) bond motifs is 7. The number of para-hydroxylation sites is 1. The predicted octanol–water partition coefficient (Wildman–Crippen LogP) is 18.8. The molecule has 1 aliphatic carbocycles. The van der Waals surface area contributed by atoms with Crippen molar-refractivity contribution in [1.29, 1.82) is 0 Å². The van der Waals surface area contributed by atoms with E-state index in [9.17, 15) is 0 Å². The Morgan fingerprint density at radius 2 is 0.795 bits per heavy atom. The monoisotopic (exact) mass is 928 g/mol. The van der Waals surface area contributed by atoms with Gasteiger partial charge in [-0.25, -0.2) is 0 Å². The maximum Gasteiger partial charge on any atom is 0.0714 e. The molecular formula is C71H48N2. The van der Waals surface area contributed by atoms with E-state index in [0.717, 1.165) is 28.3 Å². The predicted molar refractivity (Wildman–Crippen MR) is 307 cm³/mol. The van der Waals surface area contributed by atoms with Gasteiger partial charge in [0.25, 0.3) is 0 Å². The van der Waals surface area contributed by atoms with Crippen LogP contribution in [-0.4, -0.2) is 4.57 Å². The second kappa shape index (κ2) is 17.4. The van der Waals surface area contributed by atoms with E-state index >= 15 is 0 Å². The Morgan fingerprint density at radius 1 is 0.274 bits per heavy atom. The highest BCUT2D eigenvalue weighted by molar-refractivity contribution is 6.10. The molecule has 12 aromatic carbocycles. The molecule has 0 fully saturated rings. The minimum Gasteiger partial charge on any atom is -0.310 e. The highest BCUT2D eigenvalue weighted by Crippen LogP contribution is 2.57. The van der Waals surface area contributed by atoms with Gasteiger partial charge in [0.05, 0.1) is 16.4 Å². The van der Waals surface area contributed by atoms with E-state index in [-0.39, 0.29) is 0 Å². The van der Waals surface area contributed by atoms with E-state index in [0.29, 0.717) is 0 Å². The van der Waals surface area contributed by atoms with Gasteiger partial charge in [-0.3, -0.25) is 0 Å². The van der Waals surface area contributed by atoms with E-state index in [1.807, 2.05) is 0 Å². The van der Waals surface area contributed by atoms with Gasteiger partial charge in [0.15, 0.2) is 0 Å². The number of benzene rings is 12. The third-order valence-corrected chi connectivity index (χ3v) is 15.3. The minimum atomic E-state index is -0.531. The van der Waals surface area contributed by atoms with Gasteiger partial charge in [-0.05, 0) is 150 Å². The Kier molecular flexibility index (Phi) is 10.1. The lowest BCUT2D eigenvalue weighted by Gasteiger charge is -2.35. The van der Waals surface area contributed by atoms with Crippen LogP contribution in [0.5, 0.6) is 0 Å². The number of rotatable bonds is 9. The summed E-state index contributed by atoms with van der Waals surface area (Å²) in [5.74, 6) is 0. The van der Waals surface area contributed by atoms with E-state index < -0.39 is 5.41 Å². The first kappa shape index (κ1) is 42.4. The zero-order valence-electron chi connectivity index (χ0n) is 40.1. The van der Waals surface area contributed by atoms with Crippen LogP contribution in [0, 0.1) is 0 Å². The fourth-order valence-electron chi connectivity index (χ4n) is 11.9. The molecule has 0 aliphatic heterocycles. The van der Waals surface area contributed by atoms with Crippen LogP contribution in [0.25, 0.3) is 82.8 Å². The molecular weight excluding hydrogens is 881 g/mol. The van der Waals surface area contributed by atoms with Crippen molar-refractivity contribution in [3.05, 3.63) is 313 Å². The van der Waals surface area contributed by atoms with Gasteiger partial charge in [0.2, 0.25) is 0 Å². The number of hydrogen-bond acceptors (Lipinski definition) is 1. The van der Waals surface area contributed by atoms with Crippen molar-refractivity contribution in [2.75, 3.05) is 4.90 Å². The van der Waals surface area contributed by atoms with Crippen molar-refractivity contribution in [2.24, 2.45) is 0 Å². The molecule has 13 aromatic rings. The Hall–Kier alpha value is -9.50. The van der Waals surface area contributed by atoms with Crippen molar-refractivity contribution >= 4 is 49.6 Å². The van der Waals surface area contributed by atoms with Crippen LogP contribution in [0.2, 0.25) is 0 Å². The summed E-state index contributed by atoms with van der Waals surface area (Å²) >= 11 is 0. The molecule has 0 saturated carbocycles. The lowest BCUT2D eigenvalue weighted by molar-refractivity contribution is 0.768. The molecule has 14 rings (SSSR count). The first-order valence-electron chi connectivity index (χ1n) is 25.2. The number of aromatic nitrogens is 1. The summed E-state index contributed by atoms with van der Waals surface area (Å²) in [6.45, 7) is 0. The van der Waals surface area contributed by atoms with Crippen LogP contribution in [0.3, 0.4) is 0 Å². The third kappa shape index (κ3) is 7.02. The van der Waals surface area contributed by atoms with Crippen molar-refractivity contribution in [3.63, 3.8) is 0 Å². The molecule has 1 aliphatic rings. The van der Waals surface area contributed by atoms with Gasteiger partial charge >= 0.3 is 0 Å². The molecule has 0 amide bonds. The van der Waals surface area contributed by atoms with Gasteiger partial charge in [-0.1, -0.05) is 218 Å². The van der Waals surface area contributed by atoms with Crippen LogP contribution in [0.4, 0.5) is 17.1 Å². The maximum atomic E-state index is 2.46. The molecule has 0 bridgehead atoms. The molecule has 0 N–H and O–H groups in total.